The maximum atomic E-state index is 13.0. The first-order valence-corrected chi connectivity index (χ1v) is 13.7. The largest absolute Gasteiger partial charge is 0.341 e. The zero-order chi connectivity index (χ0) is 24.6. The molecule has 35 heavy (non-hydrogen) atoms. The van der Waals surface area contributed by atoms with Crippen molar-refractivity contribution in [2.24, 2.45) is 5.41 Å². The number of nitrogens with zero attached hydrogens (tertiary/aromatic N) is 5. The van der Waals surface area contributed by atoms with Crippen molar-refractivity contribution >= 4 is 33.0 Å². The molecule has 0 N–H and O–H groups in total. The molecule has 0 radical (unpaired) electrons. The van der Waals surface area contributed by atoms with Gasteiger partial charge in [-0.2, -0.15) is 9.40 Å². The van der Waals surface area contributed by atoms with Crippen LogP contribution in [0.25, 0.3) is 11.3 Å². The van der Waals surface area contributed by atoms with Gasteiger partial charge in [-0.05, 0) is 42.2 Å². The number of piperidine rings is 1. The Morgan fingerprint density at radius 1 is 1.11 bits per heavy atom. The van der Waals surface area contributed by atoms with Crippen LogP contribution < -0.4 is 0 Å². The number of carbonyl (C=O) groups excluding carboxylic acids is 1. The Balaban J connectivity index is 1.19. The number of hydrogen-bond acceptors (Lipinski definition) is 7. The fraction of sp³-hybridized carbons (Fsp3) is 0.391. The van der Waals surface area contributed by atoms with Gasteiger partial charge < -0.3 is 4.90 Å². The molecular weight excluding hydrogens is 490 g/mol. The summed E-state index contributed by atoms with van der Waals surface area (Å²) in [7, 11) is -3.44. The van der Waals surface area contributed by atoms with Gasteiger partial charge in [-0.1, -0.05) is 18.2 Å². The second-order valence-corrected chi connectivity index (χ2v) is 12.2. The third kappa shape index (κ3) is 4.73. The molecule has 0 atom stereocenters. The van der Waals surface area contributed by atoms with Crippen LogP contribution in [0.5, 0.6) is 0 Å². The van der Waals surface area contributed by atoms with Crippen molar-refractivity contribution in [2.75, 3.05) is 26.2 Å². The Labute approximate surface area is 207 Å². The molecule has 12 heteroatoms. The number of rotatable bonds is 6. The number of thiophene rings is 1. The highest BCUT2D eigenvalue weighted by Crippen LogP contribution is 2.41. The minimum Gasteiger partial charge on any atom is -0.341 e. The minimum atomic E-state index is -3.44. The van der Waals surface area contributed by atoms with Crippen LogP contribution in [0.1, 0.15) is 19.3 Å². The monoisotopic (exact) mass is 515 g/mol. The van der Waals surface area contributed by atoms with E-state index in [2.05, 4.69) is 5.10 Å². The number of hydrogen-bond donors (Lipinski definition) is 0. The molecule has 2 aliphatic heterocycles. The molecule has 5 rings (SSSR count). The minimum absolute atomic E-state index is 0.00951. The molecule has 0 saturated carbocycles. The van der Waals surface area contributed by atoms with E-state index in [0.717, 1.165) is 19.3 Å². The quantitative estimate of drug-likeness (QED) is 0.367. The molecule has 4 heterocycles. The summed E-state index contributed by atoms with van der Waals surface area (Å²) in [5.74, 6) is -0.0378. The Kier molecular flexibility index (Phi) is 6.20. The molecule has 184 valence electrons. The van der Waals surface area contributed by atoms with Gasteiger partial charge in [0.1, 0.15) is 10.8 Å². The summed E-state index contributed by atoms with van der Waals surface area (Å²) in [6, 6.07) is 11.4. The Bertz CT molecular complexity index is 1340. The molecule has 3 aromatic rings. The normalized spacial score (nSPS) is 18.2. The number of likely N-dealkylation sites (tertiary alicyclic amines) is 1. The van der Waals surface area contributed by atoms with Gasteiger partial charge in [0.25, 0.3) is 15.7 Å². The van der Waals surface area contributed by atoms with Gasteiger partial charge in [0.05, 0.1) is 10.6 Å². The summed E-state index contributed by atoms with van der Waals surface area (Å²) < 4.78 is 29.1. The topological polar surface area (TPSA) is 119 Å². The van der Waals surface area contributed by atoms with Crippen LogP contribution in [0, 0.1) is 15.5 Å². The van der Waals surface area contributed by atoms with E-state index in [4.69, 9.17) is 0 Å². The molecule has 2 saturated heterocycles. The number of nitro groups is 1. The molecule has 2 aromatic heterocycles. The molecule has 2 aliphatic rings. The number of amides is 1. The van der Waals surface area contributed by atoms with Gasteiger partial charge in [0.2, 0.25) is 5.91 Å². The van der Waals surface area contributed by atoms with Crippen molar-refractivity contribution in [3.8, 4) is 11.3 Å². The van der Waals surface area contributed by atoms with E-state index in [0.29, 0.717) is 41.6 Å². The summed E-state index contributed by atoms with van der Waals surface area (Å²) in [5.41, 5.74) is 1.13. The third-order valence-electron chi connectivity index (χ3n) is 6.95. The highest BCUT2D eigenvalue weighted by molar-refractivity contribution is 7.91. The smallest absolute Gasteiger partial charge is 0.270 e. The summed E-state index contributed by atoms with van der Waals surface area (Å²) in [6.07, 6.45) is 4.04. The van der Waals surface area contributed by atoms with Gasteiger partial charge in [-0.15, -0.1) is 11.3 Å². The number of benzene rings is 1. The standard InChI is InChI=1S/C23H25N5O5S2/c29-21(16-26-10-6-20(24-26)18-3-1-4-19(15-18)28(30)31)25-11-7-23(17-25)8-12-27(13-9-23)35(32,33)22-5-2-14-34-22/h1-6,10,14-15H,7-9,11-13,16-17H2. The first kappa shape index (κ1) is 23.6. The first-order chi connectivity index (χ1) is 16.8. The van der Waals surface area contributed by atoms with Crippen molar-refractivity contribution < 1.29 is 18.1 Å². The second kappa shape index (κ2) is 9.17. The lowest BCUT2D eigenvalue weighted by Crippen LogP contribution is -2.44. The zero-order valence-electron chi connectivity index (χ0n) is 18.9. The molecule has 1 spiro atoms. The first-order valence-electron chi connectivity index (χ1n) is 11.4. The number of carbonyl (C=O) groups is 1. The van der Waals surface area contributed by atoms with Crippen LogP contribution in [0.2, 0.25) is 0 Å². The summed E-state index contributed by atoms with van der Waals surface area (Å²) in [6.45, 7) is 2.29. The van der Waals surface area contributed by atoms with E-state index < -0.39 is 14.9 Å². The molecule has 1 amide bonds. The maximum Gasteiger partial charge on any atom is 0.270 e. The van der Waals surface area contributed by atoms with E-state index in [9.17, 15) is 23.3 Å². The van der Waals surface area contributed by atoms with Crippen LogP contribution in [0.4, 0.5) is 5.69 Å². The van der Waals surface area contributed by atoms with Crippen LogP contribution in [-0.2, 0) is 21.4 Å². The lowest BCUT2D eigenvalue weighted by molar-refractivity contribution is -0.384. The Hall–Kier alpha value is -3.09. The van der Waals surface area contributed by atoms with E-state index in [-0.39, 0.29) is 23.6 Å². The van der Waals surface area contributed by atoms with Crippen LogP contribution in [0.15, 0.2) is 58.3 Å². The van der Waals surface area contributed by atoms with Gasteiger partial charge in [-0.25, -0.2) is 8.42 Å². The Morgan fingerprint density at radius 2 is 1.89 bits per heavy atom. The lowest BCUT2D eigenvalue weighted by Gasteiger charge is -2.38. The molecule has 0 aliphatic carbocycles. The van der Waals surface area contributed by atoms with Crippen molar-refractivity contribution in [1.29, 1.82) is 0 Å². The van der Waals surface area contributed by atoms with Crippen molar-refractivity contribution in [2.45, 2.75) is 30.0 Å². The molecule has 0 unspecified atom stereocenters. The van der Waals surface area contributed by atoms with E-state index >= 15 is 0 Å². The molecule has 2 fully saturated rings. The molecular formula is C23H25N5O5S2. The highest BCUT2D eigenvalue weighted by Gasteiger charge is 2.44. The van der Waals surface area contributed by atoms with Gasteiger partial charge in [0.15, 0.2) is 0 Å². The van der Waals surface area contributed by atoms with Gasteiger partial charge in [0, 0.05) is 50.1 Å². The predicted molar refractivity (Wildman–Crippen MR) is 130 cm³/mol. The van der Waals surface area contributed by atoms with E-state index in [1.165, 1.54) is 23.5 Å². The summed E-state index contributed by atoms with van der Waals surface area (Å²) in [5, 5.41) is 17.2. The molecule has 0 bridgehead atoms. The maximum absolute atomic E-state index is 13.0. The number of nitro benzene ring substituents is 1. The number of sulfonamides is 1. The zero-order valence-corrected chi connectivity index (χ0v) is 20.6. The van der Waals surface area contributed by atoms with E-state index in [1.807, 2.05) is 4.90 Å². The Morgan fingerprint density at radius 3 is 2.60 bits per heavy atom. The second-order valence-electron chi connectivity index (χ2n) is 9.11. The average Bonchev–Trinajstić information content (AvgIpc) is 3.61. The fourth-order valence-electron chi connectivity index (χ4n) is 4.92. The number of non-ortho nitro benzene ring substituents is 1. The lowest BCUT2D eigenvalue weighted by atomic mass is 9.78. The van der Waals surface area contributed by atoms with E-state index in [1.54, 1.807) is 50.9 Å². The third-order valence-corrected chi connectivity index (χ3v) is 10.2. The van der Waals surface area contributed by atoms with Crippen molar-refractivity contribution in [3.05, 3.63) is 64.2 Å². The van der Waals surface area contributed by atoms with Crippen LogP contribution in [0.3, 0.4) is 0 Å². The van der Waals surface area contributed by atoms with Crippen molar-refractivity contribution in [1.82, 2.24) is 19.0 Å². The van der Waals surface area contributed by atoms with Crippen molar-refractivity contribution in [3.63, 3.8) is 0 Å². The summed E-state index contributed by atoms with van der Waals surface area (Å²) >= 11 is 1.23. The van der Waals surface area contributed by atoms with Crippen LogP contribution in [-0.4, -0.2) is 64.4 Å². The predicted octanol–water partition coefficient (Wildman–Crippen LogP) is 3.22. The molecule has 1 aromatic carbocycles. The van der Waals surface area contributed by atoms with Crippen LogP contribution >= 0.6 is 11.3 Å². The average molecular weight is 516 g/mol. The summed E-state index contributed by atoms with van der Waals surface area (Å²) in [4.78, 5) is 25.4. The molecule has 10 nitrogen and oxygen atoms in total. The van der Waals surface area contributed by atoms with Gasteiger partial charge >= 0.3 is 0 Å². The SMILES string of the molecule is O=C(Cn1ccc(-c2cccc([N+](=O)[O-])c2)n1)N1CCC2(CCN(S(=O)(=O)c3cccs3)CC2)C1. The number of aromatic nitrogens is 2. The van der Waals surface area contributed by atoms with Gasteiger partial charge in [-0.3, -0.25) is 19.6 Å². The highest BCUT2D eigenvalue weighted by atomic mass is 32.2. The fourth-order valence-corrected chi connectivity index (χ4v) is 7.50.